The number of nitrogens with one attached hydrogen (secondary N) is 1. The number of hydrogen-bond donors (Lipinski definition) is 2. The summed E-state index contributed by atoms with van der Waals surface area (Å²) < 4.78 is 11.2. The molecule has 0 saturated carbocycles. The van der Waals surface area contributed by atoms with Crippen molar-refractivity contribution < 1.29 is 19.4 Å². The highest BCUT2D eigenvalue weighted by Crippen LogP contribution is 2.33. The normalized spacial score (nSPS) is 12.7. The largest absolute Gasteiger partial charge is 0.486 e. The molecule has 7 heteroatoms. The zero-order valence-electron chi connectivity index (χ0n) is 16.8. The van der Waals surface area contributed by atoms with Crippen LogP contribution in [0.2, 0.25) is 0 Å². The molecule has 4 rings (SSSR count). The number of aromatic amines is 1. The Morgan fingerprint density at radius 3 is 2.60 bits per heavy atom. The quantitative estimate of drug-likeness (QED) is 0.654. The van der Waals surface area contributed by atoms with Crippen LogP contribution in [-0.4, -0.2) is 47.3 Å². The Hall–Kier alpha value is -3.32. The van der Waals surface area contributed by atoms with Crippen molar-refractivity contribution in [2.75, 3.05) is 26.4 Å². The molecule has 2 N–H and O–H groups in total. The van der Waals surface area contributed by atoms with Crippen molar-refractivity contribution in [3.8, 4) is 11.5 Å². The lowest BCUT2D eigenvalue weighted by Crippen LogP contribution is -2.34. The number of amides is 1. The van der Waals surface area contributed by atoms with E-state index in [0.717, 1.165) is 10.9 Å². The third-order valence-corrected chi connectivity index (χ3v) is 5.19. The predicted octanol–water partition coefficient (Wildman–Crippen LogP) is 2.63. The summed E-state index contributed by atoms with van der Waals surface area (Å²) >= 11 is 0. The van der Waals surface area contributed by atoms with Crippen molar-refractivity contribution in [2.45, 2.75) is 19.9 Å². The van der Waals surface area contributed by atoms with Gasteiger partial charge in [-0.2, -0.15) is 0 Å². The number of hydrogen-bond acceptors (Lipinski definition) is 5. The number of fused-ring (bicyclic) bond motifs is 2. The van der Waals surface area contributed by atoms with Gasteiger partial charge >= 0.3 is 0 Å². The Labute approximate surface area is 173 Å². The number of aliphatic hydroxyl groups excluding tert-OH is 1. The van der Waals surface area contributed by atoms with E-state index in [9.17, 15) is 14.7 Å². The van der Waals surface area contributed by atoms with Crippen molar-refractivity contribution in [1.82, 2.24) is 9.88 Å². The first-order valence-corrected chi connectivity index (χ1v) is 9.98. The van der Waals surface area contributed by atoms with E-state index in [-0.39, 0.29) is 24.6 Å². The van der Waals surface area contributed by atoms with Crippen LogP contribution in [0.15, 0.2) is 47.3 Å². The highest BCUT2D eigenvalue weighted by molar-refractivity contribution is 5.95. The number of nitrogens with zero attached hydrogens (tertiary/aromatic N) is 1. The predicted molar refractivity (Wildman–Crippen MR) is 113 cm³/mol. The molecular weight excluding hydrogens is 384 g/mol. The van der Waals surface area contributed by atoms with Crippen LogP contribution in [0.1, 0.15) is 27.9 Å². The van der Waals surface area contributed by atoms with E-state index in [1.165, 1.54) is 0 Å². The van der Waals surface area contributed by atoms with Gasteiger partial charge in [-0.15, -0.1) is 0 Å². The summed E-state index contributed by atoms with van der Waals surface area (Å²) in [5.41, 5.74) is 2.32. The van der Waals surface area contributed by atoms with Crippen LogP contribution in [0.3, 0.4) is 0 Å². The molecule has 3 aromatic rings. The first kappa shape index (κ1) is 20.0. The van der Waals surface area contributed by atoms with E-state index in [4.69, 9.17) is 9.47 Å². The van der Waals surface area contributed by atoms with Gasteiger partial charge in [-0.25, -0.2) is 0 Å². The maximum atomic E-state index is 13.1. The number of aromatic nitrogens is 1. The van der Waals surface area contributed by atoms with E-state index < -0.39 is 0 Å². The molecule has 0 atom stereocenters. The van der Waals surface area contributed by atoms with Crippen LogP contribution in [0, 0.1) is 6.92 Å². The van der Waals surface area contributed by atoms with Gasteiger partial charge in [-0.3, -0.25) is 9.59 Å². The number of benzene rings is 2. The molecule has 1 aliphatic heterocycles. The number of H-pyrrole nitrogens is 1. The van der Waals surface area contributed by atoms with Crippen molar-refractivity contribution in [3.63, 3.8) is 0 Å². The van der Waals surface area contributed by atoms with Gasteiger partial charge in [0, 0.05) is 35.7 Å². The SMILES string of the molecule is Cc1ccccc1C(=O)N(CCCO)Cc1cc2cc3c(cc2[nH]c1=O)OCCO3. The fourth-order valence-corrected chi connectivity index (χ4v) is 3.61. The molecule has 2 aromatic carbocycles. The molecule has 0 radical (unpaired) electrons. The molecule has 1 amide bonds. The minimum atomic E-state index is -0.259. The second-order valence-corrected chi connectivity index (χ2v) is 7.33. The zero-order valence-corrected chi connectivity index (χ0v) is 16.8. The molecule has 2 heterocycles. The molecule has 0 unspecified atom stereocenters. The smallest absolute Gasteiger partial charge is 0.254 e. The Balaban J connectivity index is 1.68. The van der Waals surface area contributed by atoms with Crippen molar-refractivity contribution in [1.29, 1.82) is 0 Å². The zero-order chi connectivity index (χ0) is 21.1. The molecular formula is C23H24N2O5. The summed E-state index contributed by atoms with van der Waals surface area (Å²) in [6.07, 6.45) is 0.432. The summed E-state index contributed by atoms with van der Waals surface area (Å²) in [6.45, 7) is 3.30. The fourth-order valence-electron chi connectivity index (χ4n) is 3.61. The van der Waals surface area contributed by atoms with Gasteiger partial charge in [-0.1, -0.05) is 18.2 Å². The number of carbonyl (C=O) groups is 1. The summed E-state index contributed by atoms with van der Waals surface area (Å²) in [4.78, 5) is 30.3. The number of aryl methyl sites for hydroxylation is 1. The molecule has 156 valence electrons. The third-order valence-electron chi connectivity index (χ3n) is 5.19. The Morgan fingerprint density at radius 1 is 1.13 bits per heavy atom. The second kappa shape index (κ2) is 8.59. The molecule has 30 heavy (non-hydrogen) atoms. The first-order valence-electron chi connectivity index (χ1n) is 9.98. The fraction of sp³-hybridized carbons (Fsp3) is 0.304. The molecule has 0 fully saturated rings. The number of pyridine rings is 1. The number of rotatable bonds is 6. The monoisotopic (exact) mass is 408 g/mol. The number of carbonyl (C=O) groups excluding carboxylic acids is 1. The third kappa shape index (κ3) is 4.02. The molecule has 0 spiro atoms. The number of aliphatic hydroxyl groups is 1. The number of ether oxygens (including phenoxy) is 2. The maximum Gasteiger partial charge on any atom is 0.254 e. The van der Waals surface area contributed by atoms with Crippen LogP contribution >= 0.6 is 0 Å². The van der Waals surface area contributed by atoms with Crippen LogP contribution in [0.4, 0.5) is 0 Å². The van der Waals surface area contributed by atoms with Gasteiger partial charge in [0.2, 0.25) is 0 Å². The molecule has 7 nitrogen and oxygen atoms in total. The van der Waals surface area contributed by atoms with Gasteiger partial charge < -0.3 is 24.5 Å². The average Bonchev–Trinajstić information content (AvgIpc) is 2.75. The minimum absolute atomic E-state index is 0.0326. The Kier molecular flexibility index (Phi) is 5.72. The van der Waals surface area contributed by atoms with Crippen LogP contribution < -0.4 is 15.0 Å². The summed E-state index contributed by atoms with van der Waals surface area (Å²) in [7, 11) is 0. The van der Waals surface area contributed by atoms with Gasteiger partial charge in [0.15, 0.2) is 11.5 Å². The van der Waals surface area contributed by atoms with Gasteiger partial charge in [0.1, 0.15) is 13.2 Å². The average molecular weight is 408 g/mol. The lowest BCUT2D eigenvalue weighted by molar-refractivity contribution is 0.0730. The van der Waals surface area contributed by atoms with Gasteiger partial charge in [0.25, 0.3) is 11.5 Å². The van der Waals surface area contributed by atoms with Crippen LogP contribution in [0.5, 0.6) is 11.5 Å². The van der Waals surface area contributed by atoms with E-state index in [0.29, 0.717) is 54.3 Å². The minimum Gasteiger partial charge on any atom is -0.486 e. The van der Waals surface area contributed by atoms with Gasteiger partial charge in [-0.05, 0) is 37.1 Å². The topological polar surface area (TPSA) is 91.9 Å². The van der Waals surface area contributed by atoms with Crippen molar-refractivity contribution in [3.05, 3.63) is 69.5 Å². The summed E-state index contributed by atoms with van der Waals surface area (Å²) in [5, 5.41) is 10.1. The van der Waals surface area contributed by atoms with E-state index in [1.54, 1.807) is 23.1 Å². The highest BCUT2D eigenvalue weighted by Gasteiger charge is 2.20. The van der Waals surface area contributed by atoms with Crippen molar-refractivity contribution in [2.24, 2.45) is 0 Å². The summed E-state index contributed by atoms with van der Waals surface area (Å²) in [5.74, 6) is 1.08. The van der Waals surface area contributed by atoms with Crippen LogP contribution in [0.25, 0.3) is 10.9 Å². The molecule has 1 aromatic heterocycles. The first-order chi connectivity index (χ1) is 14.6. The van der Waals surface area contributed by atoms with Crippen LogP contribution in [-0.2, 0) is 6.54 Å². The Bertz CT molecular complexity index is 1140. The Morgan fingerprint density at radius 2 is 1.87 bits per heavy atom. The molecule has 0 aliphatic carbocycles. The van der Waals surface area contributed by atoms with E-state index in [1.807, 2.05) is 31.2 Å². The summed E-state index contributed by atoms with van der Waals surface area (Å²) in [6, 6.07) is 12.7. The highest BCUT2D eigenvalue weighted by atomic mass is 16.6. The lowest BCUT2D eigenvalue weighted by atomic mass is 10.1. The standard InChI is InChI=1S/C23H24N2O5/c1-15-5-2-3-6-18(15)23(28)25(7-4-8-26)14-17-11-16-12-20-21(30-10-9-29-20)13-19(16)24-22(17)27/h2-3,5-6,11-13,26H,4,7-10,14H2,1H3,(H,24,27). The molecule has 0 bridgehead atoms. The molecule has 0 saturated heterocycles. The van der Waals surface area contributed by atoms with E-state index in [2.05, 4.69) is 4.98 Å². The maximum absolute atomic E-state index is 13.1. The lowest BCUT2D eigenvalue weighted by Gasteiger charge is -2.23. The van der Waals surface area contributed by atoms with E-state index >= 15 is 0 Å². The van der Waals surface area contributed by atoms with Gasteiger partial charge in [0.05, 0.1) is 12.1 Å². The molecule has 1 aliphatic rings. The second-order valence-electron chi connectivity index (χ2n) is 7.33. The van der Waals surface area contributed by atoms with Crippen molar-refractivity contribution >= 4 is 16.8 Å².